The summed E-state index contributed by atoms with van der Waals surface area (Å²) in [5, 5.41) is 0. The Morgan fingerprint density at radius 3 is 2.56 bits per heavy atom. The predicted molar refractivity (Wildman–Crippen MR) is 103 cm³/mol. The topological polar surface area (TPSA) is 65.1 Å². The molecule has 0 bridgehead atoms. The van der Waals surface area contributed by atoms with Crippen LogP contribution in [0.3, 0.4) is 0 Å². The summed E-state index contributed by atoms with van der Waals surface area (Å²) in [5.41, 5.74) is 0.613. The van der Waals surface area contributed by atoms with Gasteiger partial charge in [0.15, 0.2) is 11.5 Å². The van der Waals surface area contributed by atoms with E-state index in [-0.39, 0.29) is 31.1 Å². The fraction of sp³-hybridized carbons (Fsp3) is 0.619. The molecule has 0 aliphatic carbocycles. The molecule has 0 N–H and O–H groups in total. The van der Waals surface area contributed by atoms with Crippen molar-refractivity contribution in [2.24, 2.45) is 0 Å². The molecule has 1 heterocycles. The minimum absolute atomic E-state index is 0.0596. The molecule has 0 unspecified atom stereocenters. The summed E-state index contributed by atoms with van der Waals surface area (Å²) in [6, 6.07) is 5.94. The van der Waals surface area contributed by atoms with Crippen molar-refractivity contribution in [2.75, 3.05) is 13.3 Å². The maximum Gasteiger partial charge on any atom is 0.306 e. The van der Waals surface area contributed by atoms with Gasteiger partial charge in [-0.05, 0) is 65.2 Å². The summed E-state index contributed by atoms with van der Waals surface area (Å²) in [4.78, 5) is 26.2. The number of fused-ring (bicyclic) bond motifs is 1. The minimum atomic E-state index is -0.490. The number of hydrogen-bond donors (Lipinski definition) is 0. The van der Waals surface area contributed by atoms with Crippen molar-refractivity contribution in [2.45, 2.75) is 71.9 Å². The van der Waals surface area contributed by atoms with Crippen LogP contribution in [0.5, 0.6) is 11.5 Å². The highest BCUT2D eigenvalue weighted by atomic mass is 16.7. The second-order valence-corrected chi connectivity index (χ2v) is 7.86. The van der Waals surface area contributed by atoms with Crippen LogP contribution in [0, 0.1) is 0 Å². The fourth-order valence-corrected chi connectivity index (χ4v) is 3.17. The molecular formula is C21H31NO5. The minimum Gasteiger partial charge on any atom is -0.460 e. The number of nitrogens with zero attached hydrogens (tertiary/aromatic N) is 1. The summed E-state index contributed by atoms with van der Waals surface area (Å²) in [6.07, 6.45) is 1.85. The van der Waals surface area contributed by atoms with Crippen LogP contribution in [0.25, 0.3) is 0 Å². The van der Waals surface area contributed by atoms with E-state index in [0.717, 1.165) is 23.5 Å². The van der Waals surface area contributed by atoms with E-state index < -0.39 is 5.60 Å². The van der Waals surface area contributed by atoms with Gasteiger partial charge in [0.1, 0.15) is 5.60 Å². The van der Waals surface area contributed by atoms with Gasteiger partial charge in [0.25, 0.3) is 0 Å². The van der Waals surface area contributed by atoms with E-state index >= 15 is 0 Å². The zero-order chi connectivity index (χ0) is 20.0. The van der Waals surface area contributed by atoms with Crippen LogP contribution in [0.4, 0.5) is 0 Å². The van der Waals surface area contributed by atoms with Crippen molar-refractivity contribution >= 4 is 11.9 Å². The van der Waals surface area contributed by atoms with E-state index in [1.54, 1.807) is 0 Å². The first-order chi connectivity index (χ1) is 12.7. The summed E-state index contributed by atoms with van der Waals surface area (Å²) < 4.78 is 16.0. The number of benzene rings is 1. The molecule has 1 aromatic rings. The smallest absolute Gasteiger partial charge is 0.306 e. The zero-order valence-corrected chi connectivity index (χ0v) is 17.0. The maximum absolute atomic E-state index is 12.6. The first kappa shape index (κ1) is 21.1. The quantitative estimate of drug-likeness (QED) is 0.646. The second kappa shape index (κ2) is 9.11. The predicted octanol–water partition coefficient (Wildman–Crippen LogP) is 3.71. The van der Waals surface area contributed by atoms with Crippen molar-refractivity contribution in [3.63, 3.8) is 0 Å². The summed E-state index contributed by atoms with van der Waals surface area (Å²) in [7, 11) is 0. The highest BCUT2D eigenvalue weighted by Crippen LogP contribution is 2.33. The average Bonchev–Trinajstić information content (AvgIpc) is 3.01. The lowest BCUT2D eigenvalue weighted by atomic mass is 10.0. The van der Waals surface area contributed by atoms with Crippen LogP contribution in [0.15, 0.2) is 18.2 Å². The lowest BCUT2D eigenvalue weighted by Gasteiger charge is -2.28. The molecule has 0 aromatic heterocycles. The molecule has 0 fully saturated rings. The van der Waals surface area contributed by atoms with Crippen molar-refractivity contribution in [3.05, 3.63) is 23.8 Å². The third-order valence-corrected chi connectivity index (χ3v) is 4.35. The molecule has 0 saturated heterocycles. The third-order valence-electron chi connectivity index (χ3n) is 4.35. The van der Waals surface area contributed by atoms with Crippen LogP contribution in [-0.4, -0.2) is 41.8 Å². The van der Waals surface area contributed by atoms with Crippen molar-refractivity contribution in [1.82, 2.24) is 4.90 Å². The van der Waals surface area contributed by atoms with Gasteiger partial charge in [-0.25, -0.2) is 0 Å². The van der Waals surface area contributed by atoms with Gasteiger partial charge in [0.2, 0.25) is 12.7 Å². The maximum atomic E-state index is 12.6. The zero-order valence-electron chi connectivity index (χ0n) is 17.0. The molecule has 0 radical (unpaired) electrons. The van der Waals surface area contributed by atoms with E-state index in [1.807, 2.05) is 57.7 Å². The Labute approximate surface area is 161 Å². The van der Waals surface area contributed by atoms with Crippen LogP contribution in [0.2, 0.25) is 0 Å². The Bertz CT molecular complexity index is 665. The van der Waals surface area contributed by atoms with Gasteiger partial charge < -0.3 is 19.1 Å². The Kier molecular flexibility index (Phi) is 7.11. The van der Waals surface area contributed by atoms with Crippen LogP contribution in [0.1, 0.15) is 59.4 Å². The summed E-state index contributed by atoms with van der Waals surface area (Å²) >= 11 is 0. The normalized spacial score (nSPS) is 14.0. The molecule has 6 nitrogen and oxygen atoms in total. The SMILES string of the molecule is CCN(C(=O)CCCC(=O)OC(C)(C)C)[C@@H](C)Cc1ccc2c(c1)OCO2. The lowest BCUT2D eigenvalue weighted by molar-refractivity contribution is -0.154. The molecule has 27 heavy (non-hydrogen) atoms. The average molecular weight is 377 g/mol. The van der Waals surface area contributed by atoms with Crippen molar-refractivity contribution in [3.8, 4) is 11.5 Å². The number of esters is 1. The van der Waals surface area contributed by atoms with Crippen LogP contribution >= 0.6 is 0 Å². The van der Waals surface area contributed by atoms with Gasteiger partial charge in [-0.15, -0.1) is 0 Å². The largest absolute Gasteiger partial charge is 0.460 e. The number of rotatable bonds is 8. The monoisotopic (exact) mass is 377 g/mol. The summed E-state index contributed by atoms with van der Waals surface area (Å²) in [5.74, 6) is 1.32. The Morgan fingerprint density at radius 2 is 1.89 bits per heavy atom. The fourth-order valence-electron chi connectivity index (χ4n) is 3.17. The third kappa shape index (κ3) is 6.45. The number of likely N-dealkylation sites (N-methyl/N-ethyl adjacent to an activating group) is 1. The molecule has 1 aliphatic heterocycles. The van der Waals surface area contributed by atoms with Gasteiger partial charge in [0.05, 0.1) is 0 Å². The Morgan fingerprint density at radius 1 is 1.19 bits per heavy atom. The van der Waals surface area contributed by atoms with E-state index in [2.05, 4.69) is 0 Å². The highest BCUT2D eigenvalue weighted by Gasteiger charge is 2.21. The molecular weight excluding hydrogens is 346 g/mol. The first-order valence-corrected chi connectivity index (χ1v) is 9.59. The molecule has 1 aliphatic rings. The van der Waals surface area contributed by atoms with Crippen molar-refractivity contribution in [1.29, 1.82) is 0 Å². The van der Waals surface area contributed by atoms with Crippen LogP contribution < -0.4 is 9.47 Å². The Hall–Kier alpha value is -2.24. The number of carbonyl (C=O) groups excluding carboxylic acids is 2. The molecule has 0 saturated carbocycles. The van der Waals surface area contributed by atoms with E-state index in [1.165, 1.54) is 0 Å². The van der Waals surface area contributed by atoms with Gasteiger partial charge in [-0.2, -0.15) is 0 Å². The highest BCUT2D eigenvalue weighted by molar-refractivity contribution is 5.77. The molecule has 1 atom stereocenters. The molecule has 1 aromatic carbocycles. The van der Waals surface area contributed by atoms with Gasteiger partial charge in [0, 0.05) is 25.4 Å². The molecule has 6 heteroatoms. The standard InChI is InChI=1S/C21H31NO5/c1-6-22(19(23)8-7-9-20(24)27-21(3,4)5)15(2)12-16-10-11-17-18(13-16)26-14-25-17/h10-11,13,15H,6-9,12,14H2,1-5H3/t15-/m0/s1. The number of hydrogen-bond acceptors (Lipinski definition) is 5. The van der Waals surface area contributed by atoms with Gasteiger partial charge in [-0.1, -0.05) is 6.07 Å². The van der Waals surface area contributed by atoms with E-state index in [4.69, 9.17) is 14.2 Å². The van der Waals surface area contributed by atoms with E-state index in [0.29, 0.717) is 19.4 Å². The molecule has 150 valence electrons. The summed E-state index contributed by atoms with van der Waals surface area (Å²) in [6.45, 7) is 10.4. The molecule has 2 rings (SSSR count). The molecule has 1 amide bonds. The Balaban J connectivity index is 1.83. The first-order valence-electron chi connectivity index (χ1n) is 9.59. The second-order valence-electron chi connectivity index (χ2n) is 7.86. The molecule has 0 spiro atoms. The number of amides is 1. The van der Waals surface area contributed by atoms with Crippen LogP contribution in [-0.2, 0) is 20.7 Å². The number of carbonyl (C=O) groups is 2. The lowest BCUT2D eigenvalue weighted by Crippen LogP contribution is -2.39. The van der Waals surface area contributed by atoms with Gasteiger partial charge in [-0.3, -0.25) is 9.59 Å². The van der Waals surface area contributed by atoms with Gasteiger partial charge >= 0.3 is 5.97 Å². The number of ether oxygens (including phenoxy) is 3. The van der Waals surface area contributed by atoms with E-state index in [9.17, 15) is 9.59 Å². The van der Waals surface area contributed by atoms with Crippen molar-refractivity contribution < 1.29 is 23.8 Å².